The number of Topliss-reactive ketones (excluding diaryl/α,β-unsaturated/α-hetero) is 1. The molecule has 0 spiro atoms. The minimum Gasteiger partial charge on any atom is -0.300 e. The van der Waals surface area contributed by atoms with Crippen molar-refractivity contribution in [2.45, 2.75) is 53.4 Å². The van der Waals surface area contributed by atoms with Crippen LogP contribution in [0.1, 0.15) is 53.4 Å². The van der Waals surface area contributed by atoms with E-state index in [0.29, 0.717) is 11.7 Å². The first-order valence-electron chi connectivity index (χ1n) is 6.34. The number of ketones is 1. The summed E-state index contributed by atoms with van der Waals surface area (Å²) in [5.41, 5.74) is 2.94. The highest BCUT2D eigenvalue weighted by Gasteiger charge is 2.24. The Kier molecular flexibility index (Phi) is 4.98. The van der Waals surface area contributed by atoms with Crippen molar-refractivity contribution in [2.24, 2.45) is 11.8 Å². The van der Waals surface area contributed by atoms with Gasteiger partial charge in [0, 0.05) is 5.92 Å². The van der Waals surface area contributed by atoms with Gasteiger partial charge >= 0.3 is 0 Å². The number of hydrogen-bond acceptors (Lipinski definition) is 1. The lowest BCUT2D eigenvalue weighted by Gasteiger charge is -2.25. The Morgan fingerprint density at radius 2 is 2.12 bits per heavy atom. The minimum atomic E-state index is 0.271. The van der Waals surface area contributed by atoms with Crippen molar-refractivity contribution in [1.82, 2.24) is 0 Å². The lowest BCUT2D eigenvalue weighted by atomic mass is 9.79. The quantitative estimate of drug-likeness (QED) is 0.646. The van der Waals surface area contributed by atoms with Crippen LogP contribution < -0.4 is 0 Å². The van der Waals surface area contributed by atoms with E-state index in [1.54, 1.807) is 12.5 Å². The normalized spacial score (nSPS) is 24.9. The Morgan fingerprint density at radius 1 is 1.44 bits per heavy atom. The molecule has 0 aromatic heterocycles. The largest absolute Gasteiger partial charge is 0.300 e. The van der Waals surface area contributed by atoms with Crippen molar-refractivity contribution < 1.29 is 4.79 Å². The molecule has 0 aromatic carbocycles. The zero-order valence-electron chi connectivity index (χ0n) is 11.0. The van der Waals surface area contributed by atoms with Crippen LogP contribution in [0.25, 0.3) is 0 Å². The van der Waals surface area contributed by atoms with Gasteiger partial charge in [0.1, 0.15) is 5.78 Å². The molecule has 1 rings (SSSR count). The average molecular weight is 220 g/mol. The third-order valence-corrected chi connectivity index (χ3v) is 3.45. The molecule has 1 heteroatoms. The van der Waals surface area contributed by atoms with Crippen LogP contribution in [0, 0.1) is 11.8 Å². The summed E-state index contributed by atoms with van der Waals surface area (Å²) in [5.74, 6) is 1.06. The van der Waals surface area contributed by atoms with Gasteiger partial charge in [-0.25, -0.2) is 0 Å². The van der Waals surface area contributed by atoms with E-state index in [0.717, 1.165) is 19.3 Å². The van der Waals surface area contributed by atoms with Gasteiger partial charge in [0.2, 0.25) is 0 Å². The fourth-order valence-electron chi connectivity index (χ4n) is 2.50. The molecule has 0 N–H and O–H groups in total. The SMILES string of the molecule is CC(=O)[C@@H]1CCC(CCC=C(C)C)=C[C@@H]1C. The van der Waals surface area contributed by atoms with Crippen molar-refractivity contribution >= 4 is 5.78 Å². The number of rotatable bonds is 4. The van der Waals surface area contributed by atoms with Crippen molar-refractivity contribution in [3.63, 3.8) is 0 Å². The van der Waals surface area contributed by atoms with Crippen LogP contribution in [0.4, 0.5) is 0 Å². The van der Waals surface area contributed by atoms with E-state index in [4.69, 9.17) is 0 Å². The second-order valence-corrected chi connectivity index (χ2v) is 5.26. The summed E-state index contributed by atoms with van der Waals surface area (Å²) >= 11 is 0. The first kappa shape index (κ1) is 13.2. The Labute approximate surface area is 99.6 Å². The Hall–Kier alpha value is -0.850. The van der Waals surface area contributed by atoms with E-state index < -0.39 is 0 Å². The number of allylic oxidation sites excluding steroid dienone is 4. The van der Waals surface area contributed by atoms with E-state index >= 15 is 0 Å². The van der Waals surface area contributed by atoms with Crippen LogP contribution in [0.3, 0.4) is 0 Å². The van der Waals surface area contributed by atoms with E-state index in [-0.39, 0.29) is 5.92 Å². The topological polar surface area (TPSA) is 17.1 Å². The van der Waals surface area contributed by atoms with Gasteiger partial charge in [-0.3, -0.25) is 4.79 Å². The summed E-state index contributed by atoms with van der Waals surface area (Å²) in [6, 6.07) is 0. The number of hydrogen-bond donors (Lipinski definition) is 0. The molecule has 0 aliphatic heterocycles. The van der Waals surface area contributed by atoms with Gasteiger partial charge in [-0.05, 0) is 52.4 Å². The van der Waals surface area contributed by atoms with Crippen molar-refractivity contribution in [3.05, 3.63) is 23.3 Å². The van der Waals surface area contributed by atoms with E-state index in [1.165, 1.54) is 12.0 Å². The second-order valence-electron chi connectivity index (χ2n) is 5.26. The van der Waals surface area contributed by atoms with Gasteiger partial charge in [0.05, 0.1) is 0 Å². The van der Waals surface area contributed by atoms with Crippen LogP contribution >= 0.6 is 0 Å². The van der Waals surface area contributed by atoms with E-state index in [1.807, 2.05) is 0 Å². The van der Waals surface area contributed by atoms with Crippen molar-refractivity contribution in [3.8, 4) is 0 Å². The van der Waals surface area contributed by atoms with Gasteiger partial charge in [0.15, 0.2) is 0 Å². The highest BCUT2D eigenvalue weighted by Crippen LogP contribution is 2.31. The molecule has 0 heterocycles. The zero-order valence-corrected chi connectivity index (χ0v) is 11.0. The Balaban J connectivity index is 2.49. The monoisotopic (exact) mass is 220 g/mol. The molecule has 90 valence electrons. The second kappa shape index (κ2) is 6.03. The summed E-state index contributed by atoms with van der Waals surface area (Å²) in [4.78, 5) is 11.4. The van der Waals surface area contributed by atoms with Gasteiger partial charge < -0.3 is 0 Å². The molecule has 0 saturated heterocycles. The molecule has 1 aliphatic rings. The fourth-order valence-corrected chi connectivity index (χ4v) is 2.50. The van der Waals surface area contributed by atoms with Crippen molar-refractivity contribution in [1.29, 1.82) is 0 Å². The summed E-state index contributed by atoms with van der Waals surface area (Å²) in [7, 11) is 0. The van der Waals surface area contributed by atoms with Crippen LogP contribution in [0.15, 0.2) is 23.3 Å². The predicted molar refractivity (Wildman–Crippen MR) is 69.3 cm³/mol. The summed E-state index contributed by atoms with van der Waals surface area (Å²) in [6.07, 6.45) is 9.10. The molecule has 1 aliphatic carbocycles. The molecule has 0 fully saturated rings. The molecular formula is C15H24O. The van der Waals surface area contributed by atoms with E-state index in [9.17, 15) is 4.79 Å². The summed E-state index contributed by atoms with van der Waals surface area (Å²) in [5, 5.41) is 0. The maximum Gasteiger partial charge on any atom is 0.133 e. The third kappa shape index (κ3) is 3.96. The maximum atomic E-state index is 11.4. The van der Waals surface area contributed by atoms with Gasteiger partial charge in [-0.1, -0.05) is 30.2 Å². The highest BCUT2D eigenvalue weighted by atomic mass is 16.1. The molecule has 0 amide bonds. The van der Waals surface area contributed by atoms with Crippen LogP contribution in [-0.4, -0.2) is 5.78 Å². The highest BCUT2D eigenvalue weighted by molar-refractivity contribution is 5.79. The molecule has 0 bridgehead atoms. The molecule has 2 atom stereocenters. The van der Waals surface area contributed by atoms with Crippen LogP contribution in [0.5, 0.6) is 0 Å². The standard InChI is InChI=1S/C15H24O/c1-11(2)6-5-7-14-8-9-15(13(4)16)12(3)10-14/h6,10,12,15H,5,7-9H2,1-4H3/t12-,15+/m0/s1. The number of carbonyl (C=O) groups is 1. The molecule has 16 heavy (non-hydrogen) atoms. The van der Waals surface area contributed by atoms with Gasteiger partial charge in [0.25, 0.3) is 0 Å². The van der Waals surface area contributed by atoms with Gasteiger partial charge in [-0.15, -0.1) is 0 Å². The average Bonchev–Trinajstić information content (AvgIpc) is 2.16. The lowest BCUT2D eigenvalue weighted by Crippen LogP contribution is -2.21. The maximum absolute atomic E-state index is 11.4. The lowest BCUT2D eigenvalue weighted by molar-refractivity contribution is -0.122. The summed E-state index contributed by atoms with van der Waals surface area (Å²) in [6.45, 7) is 8.18. The fraction of sp³-hybridized carbons (Fsp3) is 0.667. The molecule has 0 unspecified atom stereocenters. The van der Waals surface area contributed by atoms with Gasteiger partial charge in [-0.2, -0.15) is 0 Å². The molecule has 0 aromatic rings. The van der Waals surface area contributed by atoms with Crippen LogP contribution in [-0.2, 0) is 4.79 Å². The Morgan fingerprint density at radius 3 is 2.62 bits per heavy atom. The third-order valence-electron chi connectivity index (χ3n) is 3.45. The van der Waals surface area contributed by atoms with E-state index in [2.05, 4.69) is 32.9 Å². The molecule has 1 nitrogen and oxygen atoms in total. The zero-order chi connectivity index (χ0) is 12.1. The summed E-state index contributed by atoms with van der Waals surface area (Å²) < 4.78 is 0. The first-order valence-corrected chi connectivity index (χ1v) is 6.34. The molecule has 0 saturated carbocycles. The molecule has 0 radical (unpaired) electrons. The minimum absolute atomic E-state index is 0.271. The number of carbonyl (C=O) groups excluding carboxylic acids is 1. The predicted octanol–water partition coefficient (Wildman–Crippen LogP) is 4.29. The first-order chi connectivity index (χ1) is 7.50. The smallest absolute Gasteiger partial charge is 0.133 e. The molecular weight excluding hydrogens is 196 g/mol. The Bertz CT molecular complexity index is 305. The van der Waals surface area contributed by atoms with Crippen LogP contribution in [0.2, 0.25) is 0 Å². The van der Waals surface area contributed by atoms with Crippen molar-refractivity contribution in [2.75, 3.05) is 0 Å².